The van der Waals surface area contributed by atoms with Gasteiger partial charge in [0.15, 0.2) is 5.82 Å². The van der Waals surface area contributed by atoms with Gasteiger partial charge in [-0.3, -0.25) is 4.79 Å². The number of hydrogen-bond donors (Lipinski definition) is 0. The Kier molecular flexibility index (Phi) is 4.20. The Balaban J connectivity index is 1.47. The third-order valence-electron chi connectivity index (χ3n) is 4.38. The van der Waals surface area contributed by atoms with Crippen molar-refractivity contribution in [1.82, 2.24) is 10.1 Å². The fourth-order valence-electron chi connectivity index (χ4n) is 3.03. The van der Waals surface area contributed by atoms with Crippen LogP contribution in [0.25, 0.3) is 0 Å². The summed E-state index contributed by atoms with van der Waals surface area (Å²) in [5, 5.41) is 3.99. The molecule has 1 fully saturated rings. The molecule has 5 nitrogen and oxygen atoms in total. The van der Waals surface area contributed by atoms with E-state index in [0.29, 0.717) is 30.4 Å². The van der Waals surface area contributed by atoms with Gasteiger partial charge in [-0.2, -0.15) is 4.98 Å². The van der Waals surface area contributed by atoms with Crippen molar-refractivity contribution in [2.24, 2.45) is 0 Å². The van der Waals surface area contributed by atoms with E-state index in [1.54, 1.807) is 29.2 Å². The first-order valence-electron chi connectivity index (χ1n) is 8.21. The summed E-state index contributed by atoms with van der Waals surface area (Å²) in [6.45, 7) is 0.417. The zero-order chi connectivity index (χ0) is 18.1. The van der Waals surface area contributed by atoms with Crippen LogP contribution in [-0.4, -0.2) is 22.6 Å². The molecule has 1 amide bonds. The minimum Gasteiger partial charge on any atom is -0.339 e. The van der Waals surface area contributed by atoms with Gasteiger partial charge in [-0.15, -0.1) is 0 Å². The Labute approximate surface area is 148 Å². The van der Waals surface area contributed by atoms with Crippen molar-refractivity contribution in [2.75, 3.05) is 11.4 Å². The lowest BCUT2D eigenvalue weighted by atomic mass is 10.1. The summed E-state index contributed by atoms with van der Waals surface area (Å²) in [5.74, 6) is -0.00463. The number of anilines is 1. The van der Waals surface area contributed by atoms with E-state index in [1.807, 2.05) is 0 Å². The first-order chi connectivity index (χ1) is 12.6. The van der Waals surface area contributed by atoms with Crippen molar-refractivity contribution in [1.29, 1.82) is 0 Å². The molecule has 0 aliphatic carbocycles. The van der Waals surface area contributed by atoms with Crippen LogP contribution in [0.5, 0.6) is 0 Å². The number of benzene rings is 2. The van der Waals surface area contributed by atoms with Crippen molar-refractivity contribution < 1.29 is 18.1 Å². The molecule has 1 atom stereocenters. The molecule has 1 saturated heterocycles. The number of nitrogens with zero attached hydrogens (tertiary/aromatic N) is 3. The predicted molar refractivity (Wildman–Crippen MR) is 89.6 cm³/mol. The van der Waals surface area contributed by atoms with E-state index in [-0.39, 0.29) is 29.9 Å². The largest absolute Gasteiger partial charge is 0.339 e. The number of carbonyl (C=O) groups is 1. The highest BCUT2D eigenvalue weighted by Gasteiger charge is 2.34. The molecule has 132 valence electrons. The van der Waals surface area contributed by atoms with Crippen LogP contribution in [0.1, 0.15) is 29.6 Å². The van der Waals surface area contributed by atoms with Crippen LogP contribution in [0.3, 0.4) is 0 Å². The second-order valence-electron chi connectivity index (χ2n) is 6.23. The van der Waals surface area contributed by atoms with Crippen LogP contribution in [0.2, 0.25) is 0 Å². The van der Waals surface area contributed by atoms with Gasteiger partial charge in [0.05, 0.1) is 6.42 Å². The number of amides is 1. The molecule has 0 N–H and O–H groups in total. The molecule has 0 saturated carbocycles. The average molecular weight is 355 g/mol. The average Bonchev–Trinajstić information content (AvgIpc) is 3.24. The number of hydrogen-bond acceptors (Lipinski definition) is 4. The maximum absolute atomic E-state index is 13.1. The molecule has 0 radical (unpaired) electrons. The molecular formula is C19H15F2N3O2. The van der Waals surface area contributed by atoms with Crippen molar-refractivity contribution in [3.63, 3.8) is 0 Å². The standard InChI is InChI=1S/C19H15F2N3O2/c20-14-3-1-12(2-4-14)9-17-22-19(23-26-17)13-10-18(25)24(11-13)16-7-5-15(21)6-8-16/h1-8,13H,9-11H2/t13-/m0/s1. The van der Waals surface area contributed by atoms with E-state index in [1.165, 1.54) is 24.3 Å². The lowest BCUT2D eigenvalue weighted by Gasteiger charge is -2.15. The van der Waals surface area contributed by atoms with Crippen molar-refractivity contribution in [3.05, 3.63) is 77.4 Å². The quantitative estimate of drug-likeness (QED) is 0.719. The minimum atomic E-state index is -0.347. The van der Waals surface area contributed by atoms with Gasteiger partial charge in [-0.1, -0.05) is 17.3 Å². The molecular weight excluding hydrogens is 340 g/mol. The maximum atomic E-state index is 13.1. The zero-order valence-corrected chi connectivity index (χ0v) is 13.7. The van der Waals surface area contributed by atoms with Crippen LogP contribution in [0.4, 0.5) is 14.5 Å². The predicted octanol–water partition coefficient (Wildman–Crippen LogP) is 3.46. The third-order valence-corrected chi connectivity index (χ3v) is 4.38. The van der Waals surface area contributed by atoms with Crippen LogP contribution >= 0.6 is 0 Å². The summed E-state index contributed by atoms with van der Waals surface area (Å²) < 4.78 is 31.3. The molecule has 0 spiro atoms. The highest BCUT2D eigenvalue weighted by molar-refractivity contribution is 5.96. The molecule has 3 aromatic rings. The summed E-state index contributed by atoms with van der Waals surface area (Å²) in [6, 6.07) is 11.9. The molecule has 1 aromatic heterocycles. The summed E-state index contributed by atoms with van der Waals surface area (Å²) in [6.07, 6.45) is 0.669. The second kappa shape index (κ2) is 6.67. The zero-order valence-electron chi connectivity index (χ0n) is 13.7. The Hall–Kier alpha value is -3.09. The van der Waals surface area contributed by atoms with Gasteiger partial charge in [0.2, 0.25) is 11.8 Å². The molecule has 4 rings (SSSR count). The Morgan fingerprint density at radius 2 is 1.69 bits per heavy atom. The summed E-state index contributed by atoms with van der Waals surface area (Å²) >= 11 is 0. The van der Waals surface area contributed by atoms with Crippen LogP contribution in [-0.2, 0) is 11.2 Å². The Bertz CT molecular complexity index is 923. The molecule has 1 aliphatic heterocycles. The van der Waals surface area contributed by atoms with Gasteiger partial charge in [-0.25, -0.2) is 8.78 Å². The Morgan fingerprint density at radius 3 is 2.38 bits per heavy atom. The highest BCUT2D eigenvalue weighted by Crippen LogP contribution is 2.30. The van der Waals surface area contributed by atoms with Crippen molar-refractivity contribution >= 4 is 11.6 Å². The van der Waals surface area contributed by atoms with Gasteiger partial charge in [-0.05, 0) is 42.0 Å². The van der Waals surface area contributed by atoms with Crippen molar-refractivity contribution in [2.45, 2.75) is 18.8 Å². The summed E-state index contributed by atoms with van der Waals surface area (Å²) in [4.78, 5) is 18.3. The fourth-order valence-corrected chi connectivity index (χ4v) is 3.03. The minimum absolute atomic E-state index is 0.0634. The van der Waals surface area contributed by atoms with E-state index in [2.05, 4.69) is 10.1 Å². The van der Waals surface area contributed by atoms with Gasteiger partial charge in [0, 0.05) is 24.6 Å². The van der Waals surface area contributed by atoms with E-state index < -0.39 is 0 Å². The number of carbonyl (C=O) groups excluding carboxylic acids is 1. The van der Waals surface area contributed by atoms with E-state index >= 15 is 0 Å². The first kappa shape index (κ1) is 16.4. The lowest BCUT2D eigenvalue weighted by molar-refractivity contribution is -0.117. The van der Waals surface area contributed by atoms with Crippen LogP contribution in [0, 0.1) is 11.6 Å². The van der Waals surface area contributed by atoms with E-state index in [9.17, 15) is 13.6 Å². The van der Waals surface area contributed by atoms with Crippen molar-refractivity contribution in [3.8, 4) is 0 Å². The second-order valence-corrected chi connectivity index (χ2v) is 6.23. The topological polar surface area (TPSA) is 59.2 Å². The van der Waals surface area contributed by atoms with E-state index in [4.69, 9.17) is 4.52 Å². The van der Waals surface area contributed by atoms with Crippen LogP contribution < -0.4 is 4.90 Å². The number of halogens is 2. The van der Waals surface area contributed by atoms with Gasteiger partial charge in [0.1, 0.15) is 11.6 Å². The van der Waals surface area contributed by atoms with Crippen LogP contribution in [0.15, 0.2) is 53.1 Å². The molecule has 2 aromatic carbocycles. The molecule has 2 heterocycles. The molecule has 0 unspecified atom stereocenters. The Morgan fingerprint density at radius 1 is 1.04 bits per heavy atom. The maximum Gasteiger partial charge on any atom is 0.231 e. The van der Waals surface area contributed by atoms with Gasteiger partial charge >= 0.3 is 0 Å². The number of aromatic nitrogens is 2. The first-order valence-corrected chi connectivity index (χ1v) is 8.21. The molecule has 1 aliphatic rings. The molecule has 7 heteroatoms. The monoisotopic (exact) mass is 355 g/mol. The third kappa shape index (κ3) is 3.33. The normalized spacial score (nSPS) is 17.1. The number of rotatable bonds is 4. The van der Waals surface area contributed by atoms with E-state index in [0.717, 1.165) is 5.56 Å². The summed E-state index contributed by atoms with van der Waals surface area (Å²) in [5.41, 5.74) is 1.51. The lowest BCUT2D eigenvalue weighted by Crippen LogP contribution is -2.24. The van der Waals surface area contributed by atoms with Gasteiger partial charge in [0.25, 0.3) is 0 Å². The molecule has 26 heavy (non-hydrogen) atoms. The SMILES string of the molecule is O=C1C[C@H](c2noc(Cc3ccc(F)cc3)n2)CN1c1ccc(F)cc1. The smallest absolute Gasteiger partial charge is 0.231 e. The summed E-state index contributed by atoms with van der Waals surface area (Å²) in [7, 11) is 0. The van der Waals surface area contributed by atoms with Gasteiger partial charge < -0.3 is 9.42 Å². The highest BCUT2D eigenvalue weighted by atomic mass is 19.1. The fraction of sp³-hybridized carbons (Fsp3) is 0.211. The molecule has 0 bridgehead atoms.